The number of rotatable bonds is 6. The van der Waals surface area contributed by atoms with Crippen molar-refractivity contribution in [2.24, 2.45) is 11.8 Å². The highest BCUT2D eigenvalue weighted by atomic mass is 16.6. The lowest BCUT2D eigenvalue weighted by molar-refractivity contribution is -0.145. The molecule has 30 heavy (non-hydrogen) atoms. The number of methoxy groups -OCH3 is 1. The number of ether oxygens (including phenoxy) is 2. The van der Waals surface area contributed by atoms with Gasteiger partial charge in [0.15, 0.2) is 0 Å². The molecule has 9 nitrogen and oxygen atoms in total. The van der Waals surface area contributed by atoms with Crippen molar-refractivity contribution in [3.8, 4) is 0 Å². The molecule has 1 aliphatic carbocycles. The highest BCUT2D eigenvalue weighted by molar-refractivity contribution is 5.88. The van der Waals surface area contributed by atoms with Gasteiger partial charge in [-0.3, -0.25) is 9.59 Å². The van der Waals surface area contributed by atoms with Gasteiger partial charge >= 0.3 is 12.1 Å². The fraction of sp³-hybridized carbons (Fsp3) is 0.810. The third-order valence-corrected chi connectivity index (χ3v) is 4.59. The Labute approximate surface area is 179 Å². The van der Waals surface area contributed by atoms with E-state index in [-0.39, 0.29) is 24.4 Å². The number of carbonyl (C=O) groups excluding carboxylic acids is 4. The lowest BCUT2D eigenvalue weighted by atomic mass is 9.91. The van der Waals surface area contributed by atoms with Crippen molar-refractivity contribution in [3.05, 3.63) is 0 Å². The van der Waals surface area contributed by atoms with Crippen LogP contribution >= 0.6 is 0 Å². The third kappa shape index (κ3) is 10.5. The van der Waals surface area contributed by atoms with Gasteiger partial charge in [0.05, 0.1) is 7.11 Å². The Morgan fingerprint density at radius 2 is 1.80 bits per heavy atom. The van der Waals surface area contributed by atoms with Crippen molar-refractivity contribution in [1.29, 1.82) is 0 Å². The van der Waals surface area contributed by atoms with Crippen LogP contribution in [0.15, 0.2) is 0 Å². The number of esters is 1. The van der Waals surface area contributed by atoms with Crippen molar-refractivity contribution < 1.29 is 28.7 Å². The van der Waals surface area contributed by atoms with E-state index in [1.54, 1.807) is 20.8 Å². The lowest BCUT2D eigenvalue weighted by Crippen LogP contribution is -2.47. The summed E-state index contributed by atoms with van der Waals surface area (Å²) in [6.07, 6.45) is 2.91. The quantitative estimate of drug-likeness (QED) is 0.556. The Hall–Kier alpha value is -2.32. The zero-order chi connectivity index (χ0) is 23.1. The fourth-order valence-electron chi connectivity index (χ4n) is 2.91. The van der Waals surface area contributed by atoms with E-state index in [4.69, 9.17) is 9.47 Å². The van der Waals surface area contributed by atoms with E-state index >= 15 is 0 Å². The molecule has 0 spiro atoms. The third-order valence-electron chi connectivity index (χ3n) is 4.59. The van der Waals surface area contributed by atoms with Crippen LogP contribution < -0.4 is 16.0 Å². The number of hydrogen-bond donors (Lipinski definition) is 3. The van der Waals surface area contributed by atoms with Crippen LogP contribution in [0.5, 0.6) is 0 Å². The molecule has 2 aliphatic rings. The van der Waals surface area contributed by atoms with Gasteiger partial charge in [-0.25, -0.2) is 9.59 Å². The van der Waals surface area contributed by atoms with E-state index < -0.39 is 35.5 Å². The molecule has 2 fully saturated rings. The van der Waals surface area contributed by atoms with Gasteiger partial charge in [0.2, 0.25) is 11.8 Å². The van der Waals surface area contributed by atoms with Crippen molar-refractivity contribution in [3.63, 3.8) is 0 Å². The summed E-state index contributed by atoms with van der Waals surface area (Å²) in [6, 6.07) is -0.974. The van der Waals surface area contributed by atoms with Crippen LogP contribution in [-0.4, -0.2) is 54.7 Å². The summed E-state index contributed by atoms with van der Waals surface area (Å²) < 4.78 is 9.74. The zero-order valence-electron chi connectivity index (χ0n) is 19.2. The van der Waals surface area contributed by atoms with E-state index in [0.717, 1.165) is 5.92 Å². The summed E-state index contributed by atoms with van der Waals surface area (Å²) in [5.41, 5.74) is -1.04. The van der Waals surface area contributed by atoms with Crippen LogP contribution in [-0.2, 0) is 23.9 Å². The van der Waals surface area contributed by atoms with Gasteiger partial charge in [0.1, 0.15) is 18.2 Å². The van der Waals surface area contributed by atoms with Crippen LogP contribution in [0, 0.1) is 11.8 Å². The van der Waals surface area contributed by atoms with Gasteiger partial charge < -0.3 is 25.4 Å². The van der Waals surface area contributed by atoms with Crippen LogP contribution in [0.1, 0.15) is 67.2 Å². The molecule has 0 aromatic rings. The molecule has 1 aliphatic heterocycles. The molecule has 2 atom stereocenters. The molecule has 172 valence electrons. The Morgan fingerprint density at radius 3 is 2.20 bits per heavy atom. The second-order valence-corrected chi connectivity index (χ2v) is 9.69. The first kappa shape index (κ1) is 25.7. The molecule has 3 amide bonds. The minimum atomic E-state index is -0.974. The maximum Gasteiger partial charge on any atom is 0.408 e. The predicted molar refractivity (Wildman–Crippen MR) is 112 cm³/mol. The molecular weight excluding hydrogens is 390 g/mol. The number of amides is 3. The van der Waals surface area contributed by atoms with E-state index in [2.05, 4.69) is 22.9 Å². The molecule has 0 aromatic heterocycles. The lowest BCUT2D eigenvalue weighted by Gasteiger charge is -2.21. The van der Waals surface area contributed by atoms with Gasteiger partial charge in [-0.05, 0) is 53.4 Å². The predicted octanol–water partition coefficient (Wildman–Crippen LogP) is 1.89. The minimum absolute atomic E-state index is 0.125. The molecule has 3 N–H and O–H groups in total. The standard InChI is InChI=1S/C17H29N3O6.C4H8/c1-16(2,3)26-15(24)18-9-12(21)19-11(14(23)25-6)7-10-8-17(4,5)20-13(10)22;1-4-2-3-4/h10-11H,7-9H2,1-6H3,(H,18,24)(H,19,21)(H,20,22);4H,2-3H2,1H3. The average molecular weight is 428 g/mol. The maximum absolute atomic E-state index is 12.0. The van der Waals surface area contributed by atoms with E-state index in [9.17, 15) is 19.2 Å². The van der Waals surface area contributed by atoms with Crippen molar-refractivity contribution >= 4 is 23.9 Å². The molecule has 2 rings (SSSR count). The Kier molecular flexibility index (Phi) is 9.11. The van der Waals surface area contributed by atoms with Crippen LogP contribution in [0.25, 0.3) is 0 Å². The highest BCUT2D eigenvalue weighted by Gasteiger charge is 2.40. The van der Waals surface area contributed by atoms with Crippen LogP contribution in [0.4, 0.5) is 4.79 Å². The van der Waals surface area contributed by atoms with Crippen molar-refractivity contribution in [2.75, 3.05) is 13.7 Å². The summed E-state index contributed by atoms with van der Waals surface area (Å²) in [4.78, 5) is 47.6. The number of alkyl carbamates (subject to hydrolysis) is 1. The van der Waals surface area contributed by atoms with Crippen molar-refractivity contribution in [2.45, 2.75) is 84.4 Å². The molecule has 1 heterocycles. The molecule has 2 unspecified atom stereocenters. The van der Waals surface area contributed by atoms with Gasteiger partial charge in [-0.1, -0.05) is 19.8 Å². The monoisotopic (exact) mass is 427 g/mol. The smallest absolute Gasteiger partial charge is 0.408 e. The maximum atomic E-state index is 12.0. The van der Waals surface area contributed by atoms with Crippen LogP contribution in [0.2, 0.25) is 0 Å². The Balaban J connectivity index is 0.000000998. The minimum Gasteiger partial charge on any atom is -0.467 e. The Morgan fingerprint density at radius 1 is 1.23 bits per heavy atom. The van der Waals surface area contributed by atoms with E-state index in [1.165, 1.54) is 20.0 Å². The van der Waals surface area contributed by atoms with E-state index in [1.807, 2.05) is 13.8 Å². The number of nitrogens with one attached hydrogen (secondary N) is 3. The number of hydrogen-bond acceptors (Lipinski definition) is 6. The fourth-order valence-corrected chi connectivity index (χ4v) is 2.91. The SMILES string of the molecule is CC1CC1.COC(=O)C(CC1CC(C)(C)NC1=O)NC(=O)CNC(=O)OC(C)(C)C. The average Bonchev–Trinajstić information content (AvgIpc) is 3.33. The molecule has 0 radical (unpaired) electrons. The summed E-state index contributed by atoms with van der Waals surface area (Å²) >= 11 is 0. The van der Waals surface area contributed by atoms with Gasteiger partial charge in [0.25, 0.3) is 0 Å². The molecule has 9 heteroatoms. The first-order valence-electron chi connectivity index (χ1n) is 10.4. The summed E-state index contributed by atoms with van der Waals surface area (Å²) in [5, 5.41) is 7.65. The molecular formula is C21H37N3O6. The first-order valence-corrected chi connectivity index (χ1v) is 10.4. The zero-order valence-corrected chi connectivity index (χ0v) is 19.2. The molecule has 1 saturated heterocycles. The summed E-state index contributed by atoms with van der Waals surface area (Å²) in [6.45, 7) is 10.8. The van der Waals surface area contributed by atoms with Gasteiger partial charge in [-0.15, -0.1) is 0 Å². The topological polar surface area (TPSA) is 123 Å². The molecule has 0 bridgehead atoms. The van der Waals surface area contributed by atoms with Gasteiger partial charge in [-0.2, -0.15) is 0 Å². The number of carbonyl (C=O) groups is 4. The molecule has 1 saturated carbocycles. The van der Waals surface area contributed by atoms with Gasteiger partial charge in [0, 0.05) is 11.5 Å². The second-order valence-electron chi connectivity index (χ2n) is 9.69. The van der Waals surface area contributed by atoms with Crippen molar-refractivity contribution in [1.82, 2.24) is 16.0 Å². The highest BCUT2D eigenvalue weighted by Crippen LogP contribution is 2.28. The Bertz CT molecular complexity index is 637. The van der Waals surface area contributed by atoms with E-state index in [0.29, 0.717) is 6.42 Å². The largest absolute Gasteiger partial charge is 0.467 e. The normalized spacial score (nSPS) is 20.8. The molecule has 0 aromatic carbocycles. The summed E-state index contributed by atoms with van der Waals surface area (Å²) in [5.74, 6) is -0.713. The summed E-state index contributed by atoms with van der Waals surface area (Å²) in [7, 11) is 1.21. The van der Waals surface area contributed by atoms with Crippen LogP contribution in [0.3, 0.4) is 0 Å². The first-order chi connectivity index (χ1) is 13.7. The second kappa shape index (κ2) is 10.6.